The van der Waals surface area contributed by atoms with Crippen LogP contribution in [0.3, 0.4) is 0 Å². The number of ether oxygens (including phenoxy) is 1. The zero-order valence-corrected chi connectivity index (χ0v) is 20.5. The van der Waals surface area contributed by atoms with Crippen LogP contribution >= 0.6 is 0 Å². The second kappa shape index (κ2) is 12.7. The molecule has 2 aromatic rings. The highest BCUT2D eigenvalue weighted by molar-refractivity contribution is 6.04. The summed E-state index contributed by atoms with van der Waals surface area (Å²) in [6, 6.07) is 10.2. The third-order valence-electron chi connectivity index (χ3n) is 5.76. The van der Waals surface area contributed by atoms with Gasteiger partial charge in [0.15, 0.2) is 0 Å². The smallest absolute Gasteiger partial charge is 0.339 e. The molecule has 3 nitrogen and oxygen atoms in total. The summed E-state index contributed by atoms with van der Waals surface area (Å²) < 4.78 is 5.65. The molecule has 172 valence electrons. The Kier molecular flexibility index (Phi) is 10.4. The molecule has 3 heteroatoms. The van der Waals surface area contributed by atoms with Crippen LogP contribution in [-0.2, 0) is 4.74 Å². The molecule has 0 aromatic heterocycles. The average Bonchev–Trinajstić information content (AvgIpc) is 2.71. The van der Waals surface area contributed by atoms with Crippen molar-refractivity contribution in [3.63, 3.8) is 0 Å². The largest absolute Gasteiger partial charge is 0.456 e. The SMILES string of the molecule is CCCCCCCCCCCCNc1c(C)c(C(=O)OC(C)(C)C)cc2ccccc12. The Morgan fingerprint density at radius 1 is 0.903 bits per heavy atom. The molecule has 0 aliphatic rings. The number of fused-ring (bicyclic) bond motifs is 1. The molecule has 0 radical (unpaired) electrons. The van der Waals surface area contributed by atoms with Gasteiger partial charge in [-0.25, -0.2) is 4.79 Å². The topological polar surface area (TPSA) is 38.3 Å². The zero-order valence-electron chi connectivity index (χ0n) is 20.5. The third kappa shape index (κ3) is 8.55. The summed E-state index contributed by atoms with van der Waals surface area (Å²) in [5, 5.41) is 5.87. The number of carbonyl (C=O) groups is 1. The molecule has 0 amide bonds. The summed E-state index contributed by atoms with van der Waals surface area (Å²) in [6.45, 7) is 10.9. The maximum Gasteiger partial charge on any atom is 0.339 e. The van der Waals surface area contributed by atoms with Crippen molar-refractivity contribution in [2.75, 3.05) is 11.9 Å². The van der Waals surface area contributed by atoms with Gasteiger partial charge in [0.25, 0.3) is 0 Å². The minimum absolute atomic E-state index is 0.252. The van der Waals surface area contributed by atoms with Gasteiger partial charge in [0.1, 0.15) is 5.60 Å². The maximum atomic E-state index is 12.8. The van der Waals surface area contributed by atoms with Crippen LogP contribution in [0.25, 0.3) is 10.8 Å². The molecule has 31 heavy (non-hydrogen) atoms. The maximum absolute atomic E-state index is 12.8. The summed E-state index contributed by atoms with van der Waals surface area (Å²) >= 11 is 0. The minimum Gasteiger partial charge on any atom is -0.456 e. The van der Waals surface area contributed by atoms with Gasteiger partial charge in [0, 0.05) is 17.6 Å². The van der Waals surface area contributed by atoms with E-state index in [-0.39, 0.29) is 5.97 Å². The predicted octanol–water partition coefficient (Wildman–Crippen LogP) is 8.44. The Bertz CT molecular complexity index is 820. The lowest BCUT2D eigenvalue weighted by molar-refractivity contribution is 0.00690. The van der Waals surface area contributed by atoms with Crippen molar-refractivity contribution in [3.8, 4) is 0 Å². The molecule has 0 unspecified atom stereocenters. The van der Waals surface area contributed by atoms with Crippen LogP contribution in [0.1, 0.15) is 108 Å². The van der Waals surface area contributed by atoms with Crippen molar-refractivity contribution >= 4 is 22.4 Å². The zero-order chi connectivity index (χ0) is 22.7. The molecule has 2 rings (SSSR count). The summed E-state index contributed by atoms with van der Waals surface area (Å²) in [7, 11) is 0. The van der Waals surface area contributed by atoms with Crippen LogP contribution in [-0.4, -0.2) is 18.1 Å². The van der Waals surface area contributed by atoms with E-state index in [9.17, 15) is 4.79 Å². The quantitative estimate of drug-likeness (QED) is 0.258. The molecule has 2 aromatic carbocycles. The van der Waals surface area contributed by atoms with E-state index < -0.39 is 5.60 Å². The number of anilines is 1. The molecule has 0 bridgehead atoms. The molecule has 0 heterocycles. The molecular weight excluding hydrogens is 382 g/mol. The molecule has 0 saturated carbocycles. The van der Waals surface area contributed by atoms with Crippen LogP contribution < -0.4 is 5.32 Å². The number of hydrogen-bond acceptors (Lipinski definition) is 3. The number of nitrogens with one attached hydrogen (secondary N) is 1. The van der Waals surface area contributed by atoms with Gasteiger partial charge in [-0.05, 0) is 51.1 Å². The van der Waals surface area contributed by atoms with Crippen LogP contribution in [0.5, 0.6) is 0 Å². The number of benzene rings is 2. The second-order valence-corrected chi connectivity index (χ2v) is 9.76. The Labute approximate surface area is 190 Å². The lowest BCUT2D eigenvalue weighted by Crippen LogP contribution is -2.24. The lowest BCUT2D eigenvalue weighted by atomic mass is 9.98. The fraction of sp³-hybridized carbons (Fsp3) is 0.607. The molecule has 0 saturated heterocycles. The minimum atomic E-state index is -0.501. The standard InChI is InChI=1S/C28H43NO2/c1-6-7-8-9-10-11-12-13-14-17-20-29-26-22(2)25(27(30)31-28(3,4)5)21-23-18-15-16-19-24(23)26/h15-16,18-19,21,29H,6-14,17,20H2,1-5H3. The van der Waals surface area contributed by atoms with Crippen LogP contribution in [0, 0.1) is 6.92 Å². The first-order valence-electron chi connectivity index (χ1n) is 12.3. The highest BCUT2D eigenvalue weighted by Gasteiger charge is 2.21. The van der Waals surface area contributed by atoms with E-state index in [0.29, 0.717) is 5.56 Å². The number of carbonyl (C=O) groups excluding carboxylic acids is 1. The highest BCUT2D eigenvalue weighted by Crippen LogP contribution is 2.31. The van der Waals surface area contributed by atoms with Gasteiger partial charge in [0.05, 0.1) is 5.56 Å². The van der Waals surface area contributed by atoms with Crippen molar-refractivity contribution in [1.82, 2.24) is 0 Å². The van der Waals surface area contributed by atoms with Gasteiger partial charge in [0.2, 0.25) is 0 Å². The molecule has 0 atom stereocenters. The number of unbranched alkanes of at least 4 members (excludes halogenated alkanes) is 9. The molecular formula is C28H43NO2. The van der Waals surface area contributed by atoms with Crippen molar-refractivity contribution in [2.24, 2.45) is 0 Å². The Morgan fingerprint density at radius 2 is 1.48 bits per heavy atom. The van der Waals surface area contributed by atoms with E-state index in [1.54, 1.807) is 0 Å². The fourth-order valence-corrected chi connectivity index (χ4v) is 4.05. The number of rotatable bonds is 13. The van der Waals surface area contributed by atoms with Crippen LogP contribution in [0.2, 0.25) is 0 Å². The normalized spacial score (nSPS) is 11.6. The van der Waals surface area contributed by atoms with Gasteiger partial charge < -0.3 is 10.1 Å². The van der Waals surface area contributed by atoms with Crippen LogP contribution in [0.4, 0.5) is 5.69 Å². The first-order valence-corrected chi connectivity index (χ1v) is 12.3. The van der Waals surface area contributed by atoms with E-state index in [2.05, 4.69) is 30.4 Å². The molecule has 1 N–H and O–H groups in total. The first kappa shape index (κ1) is 25.2. The van der Waals surface area contributed by atoms with E-state index in [1.165, 1.54) is 63.2 Å². The summed E-state index contributed by atoms with van der Waals surface area (Å²) in [4.78, 5) is 12.8. The second-order valence-electron chi connectivity index (χ2n) is 9.76. The van der Waals surface area contributed by atoms with Crippen molar-refractivity contribution < 1.29 is 9.53 Å². The van der Waals surface area contributed by atoms with Crippen molar-refractivity contribution in [1.29, 1.82) is 0 Å². The number of esters is 1. The number of hydrogen-bond donors (Lipinski definition) is 1. The first-order chi connectivity index (χ1) is 14.8. The van der Waals surface area contributed by atoms with Crippen LogP contribution in [0.15, 0.2) is 30.3 Å². The molecule has 0 aliphatic heterocycles. The predicted molar refractivity (Wildman–Crippen MR) is 134 cm³/mol. The van der Waals surface area contributed by atoms with Gasteiger partial charge in [-0.3, -0.25) is 0 Å². The molecule has 0 fully saturated rings. The van der Waals surface area contributed by atoms with Gasteiger partial charge in [-0.15, -0.1) is 0 Å². The lowest BCUT2D eigenvalue weighted by Gasteiger charge is -2.22. The van der Waals surface area contributed by atoms with E-state index in [1.807, 2.05) is 39.8 Å². The highest BCUT2D eigenvalue weighted by atomic mass is 16.6. The van der Waals surface area contributed by atoms with Gasteiger partial charge in [-0.2, -0.15) is 0 Å². The van der Waals surface area contributed by atoms with Gasteiger partial charge in [-0.1, -0.05) is 89.0 Å². The third-order valence-corrected chi connectivity index (χ3v) is 5.76. The Balaban J connectivity index is 1.91. The Morgan fingerprint density at radius 3 is 2.10 bits per heavy atom. The summed E-state index contributed by atoms with van der Waals surface area (Å²) in [5.41, 5.74) is 2.19. The average molecular weight is 426 g/mol. The van der Waals surface area contributed by atoms with Crippen molar-refractivity contribution in [2.45, 2.75) is 104 Å². The monoisotopic (exact) mass is 425 g/mol. The van der Waals surface area contributed by atoms with Crippen molar-refractivity contribution in [3.05, 3.63) is 41.5 Å². The summed E-state index contributed by atoms with van der Waals surface area (Å²) in [5.74, 6) is -0.252. The van der Waals surface area contributed by atoms with Gasteiger partial charge >= 0.3 is 5.97 Å². The molecule has 0 aliphatic carbocycles. The van der Waals surface area contributed by atoms with E-state index in [0.717, 1.165) is 29.6 Å². The molecule has 0 spiro atoms. The Hall–Kier alpha value is -2.03. The van der Waals surface area contributed by atoms with E-state index >= 15 is 0 Å². The van der Waals surface area contributed by atoms with E-state index in [4.69, 9.17) is 4.74 Å². The summed E-state index contributed by atoms with van der Waals surface area (Å²) in [6.07, 6.45) is 13.3. The fourth-order valence-electron chi connectivity index (χ4n) is 4.05.